The average molecular weight is 266 g/mol. The lowest BCUT2D eigenvalue weighted by Gasteiger charge is -2.19. The van der Waals surface area contributed by atoms with Crippen LogP contribution in [0.3, 0.4) is 0 Å². The van der Waals surface area contributed by atoms with Gasteiger partial charge in [0.2, 0.25) is 5.95 Å². The summed E-state index contributed by atoms with van der Waals surface area (Å²) in [5.74, 6) is 1.88. The van der Waals surface area contributed by atoms with E-state index in [1.807, 2.05) is 7.05 Å². The number of ether oxygens (including phenoxy) is 1. The molecule has 0 saturated carbocycles. The number of hydrogen-bond donors (Lipinski definition) is 1. The molecule has 0 aliphatic carbocycles. The minimum atomic E-state index is 0.745. The minimum Gasteiger partial charge on any atom is -0.385 e. The van der Waals surface area contributed by atoms with Crippen LogP contribution in [0.4, 0.5) is 5.95 Å². The van der Waals surface area contributed by atoms with Gasteiger partial charge in [0, 0.05) is 39.5 Å². The van der Waals surface area contributed by atoms with Gasteiger partial charge in [-0.05, 0) is 39.3 Å². The zero-order chi connectivity index (χ0) is 13.7. The first kappa shape index (κ1) is 14.3. The van der Waals surface area contributed by atoms with Gasteiger partial charge in [-0.3, -0.25) is 0 Å². The van der Waals surface area contributed by atoms with Gasteiger partial charge in [-0.25, -0.2) is 4.98 Å². The molecule has 1 N–H and O–H groups in total. The molecule has 19 heavy (non-hydrogen) atoms. The highest BCUT2D eigenvalue weighted by Gasteiger charge is 2.25. The van der Waals surface area contributed by atoms with E-state index in [4.69, 9.17) is 9.72 Å². The molecule has 1 atom stereocenters. The van der Waals surface area contributed by atoms with Crippen molar-refractivity contribution in [3.63, 3.8) is 0 Å². The number of nitrogens with one attached hydrogen (secondary N) is 1. The highest BCUT2D eigenvalue weighted by molar-refractivity contribution is 5.35. The molecular formula is C14H26N4O. The van der Waals surface area contributed by atoms with Crippen LogP contribution in [-0.4, -0.2) is 49.9 Å². The fourth-order valence-electron chi connectivity index (χ4n) is 2.80. The summed E-state index contributed by atoms with van der Waals surface area (Å²) in [4.78, 5) is 7.11. The van der Waals surface area contributed by atoms with Crippen LogP contribution in [0.15, 0.2) is 6.20 Å². The van der Waals surface area contributed by atoms with E-state index in [1.54, 1.807) is 7.11 Å². The Hall–Kier alpha value is -1.07. The second-order valence-electron chi connectivity index (χ2n) is 5.38. The van der Waals surface area contributed by atoms with Gasteiger partial charge < -0.3 is 19.5 Å². The van der Waals surface area contributed by atoms with E-state index in [2.05, 4.69) is 27.9 Å². The molecule has 0 aromatic carbocycles. The standard InChI is InChI=1S/C14H26N4O/c1-12-10-17(6-4-8-19-3)14(16-12)18-7-5-13(11-18)9-15-2/h10,13,15H,4-9,11H2,1-3H3. The van der Waals surface area contributed by atoms with Gasteiger partial charge in [-0.15, -0.1) is 0 Å². The Morgan fingerprint density at radius 1 is 1.53 bits per heavy atom. The third-order valence-corrected chi connectivity index (χ3v) is 3.68. The molecule has 1 aromatic rings. The van der Waals surface area contributed by atoms with Crippen molar-refractivity contribution in [3.05, 3.63) is 11.9 Å². The smallest absolute Gasteiger partial charge is 0.205 e. The number of anilines is 1. The maximum absolute atomic E-state index is 5.13. The summed E-state index contributed by atoms with van der Waals surface area (Å²) in [5, 5.41) is 3.27. The molecule has 0 amide bonds. The van der Waals surface area contributed by atoms with E-state index in [9.17, 15) is 0 Å². The summed E-state index contributed by atoms with van der Waals surface area (Å²) in [7, 11) is 3.78. The second kappa shape index (κ2) is 6.91. The summed E-state index contributed by atoms with van der Waals surface area (Å²) in [6.07, 6.45) is 4.44. The molecule has 5 nitrogen and oxygen atoms in total. The van der Waals surface area contributed by atoms with E-state index in [0.717, 1.165) is 56.8 Å². The number of aryl methyl sites for hydroxylation is 2. The fourth-order valence-corrected chi connectivity index (χ4v) is 2.80. The maximum Gasteiger partial charge on any atom is 0.205 e. The summed E-state index contributed by atoms with van der Waals surface area (Å²) < 4.78 is 7.40. The van der Waals surface area contributed by atoms with Crippen molar-refractivity contribution < 1.29 is 4.74 Å². The first-order chi connectivity index (χ1) is 9.24. The Bertz CT molecular complexity index is 391. The topological polar surface area (TPSA) is 42.3 Å². The number of aromatic nitrogens is 2. The predicted molar refractivity (Wildman–Crippen MR) is 77.7 cm³/mol. The van der Waals surface area contributed by atoms with E-state index < -0.39 is 0 Å². The van der Waals surface area contributed by atoms with Crippen LogP contribution >= 0.6 is 0 Å². The predicted octanol–water partition coefficient (Wildman–Crippen LogP) is 1.27. The van der Waals surface area contributed by atoms with Crippen LogP contribution in [0.25, 0.3) is 0 Å². The minimum absolute atomic E-state index is 0.745. The van der Waals surface area contributed by atoms with E-state index in [-0.39, 0.29) is 0 Å². The van der Waals surface area contributed by atoms with Crippen LogP contribution in [-0.2, 0) is 11.3 Å². The lowest BCUT2D eigenvalue weighted by molar-refractivity contribution is 0.190. The van der Waals surface area contributed by atoms with Crippen molar-refractivity contribution >= 4 is 5.95 Å². The Kier molecular flexibility index (Phi) is 5.22. The summed E-state index contributed by atoms with van der Waals surface area (Å²) in [5.41, 5.74) is 1.10. The molecule has 1 aliphatic rings. The monoisotopic (exact) mass is 266 g/mol. The fraction of sp³-hybridized carbons (Fsp3) is 0.786. The first-order valence-corrected chi connectivity index (χ1v) is 7.17. The summed E-state index contributed by atoms with van der Waals surface area (Å²) >= 11 is 0. The van der Waals surface area contributed by atoms with Gasteiger partial charge in [0.25, 0.3) is 0 Å². The number of methoxy groups -OCH3 is 1. The van der Waals surface area contributed by atoms with Gasteiger partial charge in [0.15, 0.2) is 0 Å². The number of imidazole rings is 1. The Morgan fingerprint density at radius 2 is 2.37 bits per heavy atom. The highest BCUT2D eigenvalue weighted by Crippen LogP contribution is 2.23. The van der Waals surface area contributed by atoms with Crippen molar-refractivity contribution in [2.24, 2.45) is 5.92 Å². The van der Waals surface area contributed by atoms with Gasteiger partial charge in [-0.2, -0.15) is 0 Å². The number of nitrogens with zero attached hydrogens (tertiary/aromatic N) is 3. The van der Waals surface area contributed by atoms with Gasteiger partial charge in [0.05, 0.1) is 5.69 Å². The molecule has 1 aromatic heterocycles. The number of hydrogen-bond acceptors (Lipinski definition) is 4. The molecule has 0 bridgehead atoms. The zero-order valence-electron chi connectivity index (χ0n) is 12.4. The number of rotatable bonds is 7. The van der Waals surface area contributed by atoms with Crippen LogP contribution in [0.1, 0.15) is 18.5 Å². The molecule has 2 heterocycles. The molecule has 2 rings (SSSR count). The SMILES string of the molecule is CNCC1CCN(c2nc(C)cn2CCCOC)C1. The van der Waals surface area contributed by atoms with Crippen molar-refractivity contribution in [2.45, 2.75) is 26.3 Å². The van der Waals surface area contributed by atoms with Crippen LogP contribution in [0, 0.1) is 12.8 Å². The largest absolute Gasteiger partial charge is 0.385 e. The van der Waals surface area contributed by atoms with Crippen molar-refractivity contribution in [1.29, 1.82) is 0 Å². The normalized spacial score (nSPS) is 19.3. The quantitative estimate of drug-likeness (QED) is 0.755. The van der Waals surface area contributed by atoms with E-state index in [1.165, 1.54) is 6.42 Å². The van der Waals surface area contributed by atoms with Gasteiger partial charge in [-0.1, -0.05) is 0 Å². The van der Waals surface area contributed by atoms with Crippen molar-refractivity contribution in [2.75, 3.05) is 45.3 Å². The molecule has 1 aliphatic heterocycles. The van der Waals surface area contributed by atoms with E-state index >= 15 is 0 Å². The van der Waals surface area contributed by atoms with Crippen LogP contribution in [0.5, 0.6) is 0 Å². The van der Waals surface area contributed by atoms with Crippen LogP contribution in [0.2, 0.25) is 0 Å². The van der Waals surface area contributed by atoms with Crippen molar-refractivity contribution in [1.82, 2.24) is 14.9 Å². The maximum atomic E-state index is 5.13. The first-order valence-electron chi connectivity index (χ1n) is 7.17. The second-order valence-corrected chi connectivity index (χ2v) is 5.38. The van der Waals surface area contributed by atoms with Crippen molar-refractivity contribution in [3.8, 4) is 0 Å². The molecule has 1 unspecified atom stereocenters. The summed E-state index contributed by atoms with van der Waals surface area (Å²) in [6.45, 7) is 7.18. The van der Waals surface area contributed by atoms with Gasteiger partial charge >= 0.3 is 0 Å². The molecular weight excluding hydrogens is 240 g/mol. The average Bonchev–Trinajstić information content (AvgIpc) is 2.97. The zero-order valence-corrected chi connectivity index (χ0v) is 12.4. The Balaban J connectivity index is 1.99. The summed E-state index contributed by atoms with van der Waals surface area (Å²) in [6, 6.07) is 0. The molecule has 1 saturated heterocycles. The Labute approximate surface area is 116 Å². The lowest BCUT2D eigenvalue weighted by Crippen LogP contribution is -2.26. The molecule has 108 valence electrons. The lowest BCUT2D eigenvalue weighted by atomic mass is 10.1. The van der Waals surface area contributed by atoms with E-state index in [0.29, 0.717) is 0 Å². The highest BCUT2D eigenvalue weighted by atomic mass is 16.5. The molecule has 5 heteroatoms. The Morgan fingerprint density at radius 3 is 3.11 bits per heavy atom. The molecule has 0 radical (unpaired) electrons. The van der Waals surface area contributed by atoms with Gasteiger partial charge in [0.1, 0.15) is 0 Å². The molecule has 1 fully saturated rings. The molecule has 0 spiro atoms. The van der Waals surface area contributed by atoms with Crippen LogP contribution < -0.4 is 10.2 Å². The third kappa shape index (κ3) is 3.70. The third-order valence-electron chi connectivity index (χ3n) is 3.68.